The summed E-state index contributed by atoms with van der Waals surface area (Å²) in [4.78, 5) is 78.8. The Morgan fingerprint density at radius 3 is 1.35 bits per heavy atom. The van der Waals surface area contributed by atoms with E-state index in [1.54, 1.807) is 38.1 Å². The lowest BCUT2D eigenvalue weighted by molar-refractivity contribution is -0.166. The topological polar surface area (TPSA) is 283 Å². The molecule has 0 saturated heterocycles. The van der Waals surface area contributed by atoms with E-state index in [-0.39, 0.29) is 17.2 Å². The van der Waals surface area contributed by atoms with Gasteiger partial charge in [-0.25, -0.2) is 33.6 Å². The van der Waals surface area contributed by atoms with E-state index in [1.165, 1.54) is 34.7 Å². The van der Waals surface area contributed by atoms with E-state index < -0.39 is 66.3 Å². The molecule has 1 heterocycles. The number of esters is 2. The summed E-state index contributed by atoms with van der Waals surface area (Å²) >= 11 is 0. The van der Waals surface area contributed by atoms with E-state index in [2.05, 4.69) is 15.5 Å². The highest BCUT2D eigenvalue weighted by Gasteiger charge is 2.37. The van der Waals surface area contributed by atoms with Gasteiger partial charge in [-0.3, -0.25) is 4.90 Å². The molecule has 4 aromatic carbocycles. The van der Waals surface area contributed by atoms with Crippen molar-refractivity contribution in [2.45, 2.75) is 50.7 Å². The molecule has 1 aliphatic rings. The second kappa shape index (κ2) is 20.5. The van der Waals surface area contributed by atoms with E-state index in [4.69, 9.17) is 30.6 Å². The fraction of sp³-hybridized carbons (Fsp3) is 0.225. The van der Waals surface area contributed by atoms with Crippen molar-refractivity contribution in [3.8, 4) is 0 Å². The van der Waals surface area contributed by atoms with Crippen LogP contribution in [0.4, 0.5) is 4.79 Å². The number of nitrogens with zero attached hydrogens (tertiary/aromatic N) is 1. The Labute approximate surface area is 324 Å². The molecule has 1 aliphatic heterocycles. The zero-order chi connectivity index (χ0) is 42.4. The number of aliphatic carboxylic acids is 4. The quantitative estimate of drug-likeness (QED) is 0.107. The number of rotatable bonds is 11. The molecule has 4 aromatic rings. The number of carboxylic acid groups (broad SMARTS) is 5. The van der Waals surface area contributed by atoms with Gasteiger partial charge < -0.3 is 45.2 Å². The predicted molar refractivity (Wildman–Crippen MR) is 196 cm³/mol. The summed E-state index contributed by atoms with van der Waals surface area (Å²) in [7, 11) is 0. The number of carboxylic acids is 4. The zero-order valence-corrected chi connectivity index (χ0v) is 30.4. The van der Waals surface area contributed by atoms with Gasteiger partial charge in [-0.15, -0.1) is 0 Å². The van der Waals surface area contributed by atoms with Crippen molar-refractivity contribution in [1.82, 2.24) is 4.90 Å². The highest BCUT2D eigenvalue weighted by molar-refractivity contribution is 5.93. The molecule has 17 heteroatoms. The van der Waals surface area contributed by atoms with Crippen molar-refractivity contribution in [2.75, 3.05) is 6.54 Å². The normalized spacial score (nSPS) is 14.9. The van der Waals surface area contributed by atoms with Gasteiger partial charge in [0.05, 0.1) is 17.2 Å². The molecule has 2 unspecified atom stereocenters. The summed E-state index contributed by atoms with van der Waals surface area (Å²) in [5.74, 6) is -9.10. The molecule has 0 aromatic heterocycles. The van der Waals surface area contributed by atoms with E-state index >= 15 is 0 Å². The van der Waals surface area contributed by atoms with Crippen LogP contribution in [0.25, 0.3) is 0 Å². The Hall–Kier alpha value is -7.11. The van der Waals surface area contributed by atoms with Crippen molar-refractivity contribution < 1.29 is 78.8 Å². The minimum Gasteiger partial charge on any atom is -0.479 e. The summed E-state index contributed by atoms with van der Waals surface area (Å²) in [5, 5.41) is 62.2. The first-order valence-electron chi connectivity index (χ1n) is 16.9. The third-order valence-electron chi connectivity index (χ3n) is 8.25. The first-order valence-corrected chi connectivity index (χ1v) is 16.9. The van der Waals surface area contributed by atoms with Crippen LogP contribution in [-0.4, -0.2) is 114 Å². The molecule has 300 valence electrons. The lowest BCUT2D eigenvalue weighted by Crippen LogP contribution is -2.43. The minimum absolute atomic E-state index is 0.0643. The third kappa shape index (κ3) is 12.5. The zero-order valence-electron chi connectivity index (χ0n) is 30.4. The van der Waals surface area contributed by atoms with E-state index in [1.807, 2.05) is 48.5 Å². The molecule has 1 amide bonds. The molecule has 0 spiro atoms. The van der Waals surface area contributed by atoms with Gasteiger partial charge in [-0.2, -0.15) is 0 Å². The molecular formula is C40H39NO16. The van der Waals surface area contributed by atoms with Gasteiger partial charge in [0.1, 0.15) is 0 Å². The van der Waals surface area contributed by atoms with Crippen LogP contribution >= 0.6 is 0 Å². The van der Waals surface area contributed by atoms with E-state index in [0.717, 1.165) is 28.7 Å². The number of amides is 1. The molecule has 5 rings (SSSR count). The monoisotopic (exact) mass is 789 g/mol. The van der Waals surface area contributed by atoms with Crippen molar-refractivity contribution in [3.63, 3.8) is 0 Å². The fourth-order valence-corrected chi connectivity index (χ4v) is 5.27. The number of hydrogen-bond donors (Lipinski definition) is 7. The Balaban J connectivity index is 0.000000229. The lowest BCUT2D eigenvalue weighted by Gasteiger charge is -2.35. The number of hydrogen-bond acceptors (Lipinski definition) is 11. The van der Waals surface area contributed by atoms with Crippen LogP contribution < -0.4 is 0 Å². The van der Waals surface area contributed by atoms with Crippen molar-refractivity contribution in [3.05, 3.63) is 142 Å². The Morgan fingerprint density at radius 1 is 0.561 bits per heavy atom. The number of aliphatic hydroxyl groups excluding tert-OH is 2. The molecule has 17 nitrogen and oxygen atoms in total. The lowest BCUT2D eigenvalue weighted by atomic mass is 9.88. The van der Waals surface area contributed by atoms with Gasteiger partial charge in [0.15, 0.2) is 12.2 Å². The summed E-state index contributed by atoms with van der Waals surface area (Å²) in [6.07, 6.45) is -9.05. The van der Waals surface area contributed by atoms with Gasteiger partial charge in [0.2, 0.25) is 12.2 Å². The number of carbonyl (C=O) groups excluding carboxylic acids is 2. The molecular weight excluding hydrogens is 750 g/mol. The van der Waals surface area contributed by atoms with E-state index in [9.17, 15) is 38.7 Å². The van der Waals surface area contributed by atoms with Gasteiger partial charge in [0, 0.05) is 6.54 Å². The molecule has 57 heavy (non-hydrogen) atoms. The van der Waals surface area contributed by atoms with Crippen molar-refractivity contribution in [2.24, 2.45) is 0 Å². The molecule has 0 aliphatic carbocycles. The first kappa shape index (κ1) is 44.3. The largest absolute Gasteiger partial charge is 0.479 e. The number of aliphatic hydroxyl groups is 2. The highest BCUT2D eigenvalue weighted by atomic mass is 16.6. The van der Waals surface area contributed by atoms with Crippen LogP contribution in [0.1, 0.15) is 54.6 Å². The van der Waals surface area contributed by atoms with Crippen LogP contribution in [0.15, 0.2) is 103 Å². The number of fused-ring (bicyclic) bond motifs is 1. The van der Waals surface area contributed by atoms with Gasteiger partial charge in [0.25, 0.3) is 0 Å². The Bertz CT molecular complexity index is 1960. The third-order valence-corrected chi connectivity index (χ3v) is 8.25. The SMILES string of the molecule is Cc1ccc(C(=O)OC(C(=O)O)C(O)C(=O)O)cc1.Cc1ccc(C(=O)O[C@H](C(=O)O)[C@H](O)C(=O)O)cc1.O=C(O)N1CCc2ccccc2[C@H]1c1ccccc1. The van der Waals surface area contributed by atoms with Crippen LogP contribution in [0, 0.1) is 13.8 Å². The number of benzene rings is 4. The van der Waals surface area contributed by atoms with Gasteiger partial charge in [-0.1, -0.05) is 90.0 Å². The molecule has 0 radical (unpaired) electrons. The highest BCUT2D eigenvalue weighted by Crippen LogP contribution is 2.34. The molecule has 0 bridgehead atoms. The van der Waals surface area contributed by atoms with Crippen LogP contribution in [0.2, 0.25) is 0 Å². The fourth-order valence-electron chi connectivity index (χ4n) is 5.27. The standard InChI is InChI=1S/C16H15NO2.2C12H12O7/c18-16(19)17-11-10-12-6-4-5-9-14(12)15(17)13-7-2-1-3-8-13;2*1-6-2-4-7(5-3-6)12(18)19-9(11(16)17)8(13)10(14)15/h1-9,15H,10-11H2,(H,18,19);2*2-5,8-9,13H,1H3,(H,14,15)(H,16,17)/t15-;8-,9-;/m10./s1. The number of carbonyl (C=O) groups is 7. The van der Waals surface area contributed by atoms with E-state index in [0.29, 0.717) is 6.54 Å². The maximum atomic E-state index is 11.6. The van der Waals surface area contributed by atoms with Gasteiger partial charge in [-0.05, 0) is 61.2 Å². The average molecular weight is 790 g/mol. The summed E-state index contributed by atoms with van der Waals surface area (Å²) < 4.78 is 8.98. The predicted octanol–water partition coefficient (Wildman–Crippen LogP) is 3.41. The Kier molecular flexibility index (Phi) is 16.0. The second-order valence-electron chi connectivity index (χ2n) is 12.4. The van der Waals surface area contributed by atoms with Crippen LogP contribution in [0.5, 0.6) is 0 Å². The summed E-state index contributed by atoms with van der Waals surface area (Å²) in [6.45, 7) is 4.14. The van der Waals surface area contributed by atoms with Gasteiger partial charge >= 0.3 is 41.9 Å². The maximum Gasteiger partial charge on any atom is 0.408 e. The number of aryl methyl sites for hydroxylation is 2. The van der Waals surface area contributed by atoms with Crippen LogP contribution in [0.3, 0.4) is 0 Å². The Morgan fingerprint density at radius 2 is 0.965 bits per heavy atom. The summed E-state index contributed by atoms with van der Waals surface area (Å²) in [5.41, 5.74) is 5.27. The second-order valence-corrected chi connectivity index (χ2v) is 12.4. The molecule has 0 fully saturated rings. The molecule has 0 saturated carbocycles. The van der Waals surface area contributed by atoms with Crippen molar-refractivity contribution >= 4 is 41.9 Å². The smallest absolute Gasteiger partial charge is 0.408 e. The molecule has 7 N–H and O–H groups in total. The number of ether oxygens (including phenoxy) is 2. The average Bonchev–Trinajstić information content (AvgIpc) is 3.18. The van der Waals surface area contributed by atoms with Crippen molar-refractivity contribution in [1.29, 1.82) is 0 Å². The molecule has 5 atom stereocenters. The minimum atomic E-state index is -2.33. The summed E-state index contributed by atoms with van der Waals surface area (Å²) in [6, 6.07) is 29.8. The van der Waals surface area contributed by atoms with Crippen LogP contribution in [-0.2, 0) is 35.1 Å². The maximum absolute atomic E-state index is 11.6. The first-order chi connectivity index (χ1) is 26.9.